The topological polar surface area (TPSA) is 68.2 Å². The van der Waals surface area contributed by atoms with Crippen molar-refractivity contribution in [1.29, 1.82) is 0 Å². The third-order valence-electron chi connectivity index (χ3n) is 3.28. The highest BCUT2D eigenvalue weighted by Crippen LogP contribution is 2.16. The molecular weight excluding hydrogens is 316 g/mol. The third-order valence-corrected chi connectivity index (χ3v) is 3.65. The molecular formula is C16H21ClN4O2. The van der Waals surface area contributed by atoms with Crippen molar-refractivity contribution in [2.45, 2.75) is 25.9 Å². The molecule has 23 heavy (non-hydrogen) atoms. The molecule has 2 amide bonds. The van der Waals surface area contributed by atoms with Crippen LogP contribution >= 0.6 is 11.6 Å². The fourth-order valence-electron chi connectivity index (χ4n) is 2.17. The maximum atomic E-state index is 12.0. The number of ether oxygens (including phenoxy) is 1. The van der Waals surface area contributed by atoms with Crippen LogP contribution in [0.3, 0.4) is 0 Å². The number of aromatic nitrogens is 2. The van der Waals surface area contributed by atoms with Crippen LogP contribution in [0.4, 0.5) is 10.5 Å². The first-order valence-corrected chi connectivity index (χ1v) is 7.78. The second-order valence-corrected chi connectivity index (χ2v) is 5.69. The summed E-state index contributed by atoms with van der Waals surface area (Å²) < 4.78 is 6.70. The molecule has 1 atom stereocenters. The number of benzene rings is 1. The van der Waals surface area contributed by atoms with E-state index < -0.39 is 0 Å². The molecule has 0 saturated carbocycles. The largest absolute Gasteiger partial charge is 0.383 e. The third kappa shape index (κ3) is 5.58. The van der Waals surface area contributed by atoms with Crippen molar-refractivity contribution in [3.63, 3.8) is 0 Å². The lowest BCUT2D eigenvalue weighted by Crippen LogP contribution is -2.37. The number of carbonyl (C=O) groups is 1. The van der Waals surface area contributed by atoms with E-state index in [4.69, 9.17) is 16.3 Å². The highest BCUT2D eigenvalue weighted by atomic mass is 35.5. The lowest BCUT2D eigenvalue weighted by Gasteiger charge is -2.15. The number of amides is 2. The van der Waals surface area contributed by atoms with Crippen molar-refractivity contribution < 1.29 is 9.53 Å². The molecule has 0 fully saturated rings. The van der Waals surface area contributed by atoms with E-state index in [-0.39, 0.29) is 12.1 Å². The molecule has 124 valence electrons. The SMILES string of the molecule is COCCn1cc(NC(=O)N[C@@H](C)Cc2ccccc2Cl)cn1. The molecule has 0 aliphatic heterocycles. The van der Waals surface area contributed by atoms with E-state index in [0.29, 0.717) is 30.3 Å². The first-order valence-electron chi connectivity index (χ1n) is 7.41. The maximum absolute atomic E-state index is 12.0. The van der Waals surface area contributed by atoms with Gasteiger partial charge >= 0.3 is 6.03 Å². The van der Waals surface area contributed by atoms with Crippen molar-refractivity contribution in [2.24, 2.45) is 0 Å². The van der Waals surface area contributed by atoms with E-state index in [1.54, 1.807) is 24.2 Å². The van der Waals surface area contributed by atoms with Crippen LogP contribution in [0.1, 0.15) is 12.5 Å². The number of rotatable bonds is 7. The molecule has 1 heterocycles. The van der Waals surface area contributed by atoms with Gasteiger partial charge in [-0.2, -0.15) is 5.10 Å². The fourth-order valence-corrected chi connectivity index (χ4v) is 2.38. The van der Waals surface area contributed by atoms with Crippen LogP contribution < -0.4 is 10.6 Å². The van der Waals surface area contributed by atoms with Crippen molar-refractivity contribution in [2.75, 3.05) is 19.0 Å². The summed E-state index contributed by atoms with van der Waals surface area (Å²) in [6.45, 7) is 3.15. The molecule has 2 rings (SSSR count). The summed E-state index contributed by atoms with van der Waals surface area (Å²) in [7, 11) is 1.64. The Morgan fingerprint density at radius 2 is 2.22 bits per heavy atom. The molecule has 1 aromatic heterocycles. The van der Waals surface area contributed by atoms with Gasteiger partial charge in [0, 0.05) is 24.4 Å². The molecule has 0 aliphatic carbocycles. The summed E-state index contributed by atoms with van der Waals surface area (Å²) in [5.74, 6) is 0. The van der Waals surface area contributed by atoms with Gasteiger partial charge in [0.25, 0.3) is 0 Å². The number of urea groups is 1. The molecule has 1 aromatic carbocycles. The van der Waals surface area contributed by atoms with Gasteiger partial charge in [0.15, 0.2) is 0 Å². The molecule has 2 N–H and O–H groups in total. The summed E-state index contributed by atoms with van der Waals surface area (Å²) in [5, 5.41) is 10.5. The Bertz CT molecular complexity index is 645. The van der Waals surface area contributed by atoms with Gasteiger partial charge < -0.3 is 15.4 Å². The Labute approximate surface area is 140 Å². The molecule has 0 saturated heterocycles. The second kappa shape index (κ2) is 8.55. The lowest BCUT2D eigenvalue weighted by atomic mass is 10.1. The van der Waals surface area contributed by atoms with E-state index >= 15 is 0 Å². The molecule has 7 heteroatoms. The van der Waals surface area contributed by atoms with Gasteiger partial charge in [-0.05, 0) is 25.0 Å². The summed E-state index contributed by atoms with van der Waals surface area (Å²) in [6.07, 6.45) is 4.03. The van der Waals surface area contributed by atoms with Crippen molar-refractivity contribution in [3.05, 3.63) is 47.2 Å². The van der Waals surface area contributed by atoms with Crippen LogP contribution in [0.25, 0.3) is 0 Å². The van der Waals surface area contributed by atoms with Crippen molar-refractivity contribution in [1.82, 2.24) is 15.1 Å². The number of nitrogens with one attached hydrogen (secondary N) is 2. The van der Waals surface area contributed by atoms with E-state index in [1.807, 2.05) is 31.2 Å². The fraction of sp³-hybridized carbons (Fsp3) is 0.375. The molecule has 0 unspecified atom stereocenters. The van der Waals surface area contributed by atoms with Crippen molar-refractivity contribution >= 4 is 23.3 Å². The zero-order chi connectivity index (χ0) is 16.7. The minimum absolute atomic E-state index is 0.0431. The number of hydrogen-bond donors (Lipinski definition) is 2. The van der Waals surface area contributed by atoms with Crippen LogP contribution in [0.15, 0.2) is 36.7 Å². The van der Waals surface area contributed by atoms with Gasteiger partial charge in [-0.25, -0.2) is 4.79 Å². The van der Waals surface area contributed by atoms with Crippen LogP contribution in [0.2, 0.25) is 5.02 Å². The summed E-state index contributed by atoms with van der Waals surface area (Å²) in [5.41, 5.74) is 1.65. The number of methoxy groups -OCH3 is 1. The van der Waals surface area contributed by atoms with E-state index in [9.17, 15) is 4.79 Å². The molecule has 0 radical (unpaired) electrons. The van der Waals surface area contributed by atoms with Crippen LogP contribution in [0, 0.1) is 0 Å². The Morgan fingerprint density at radius 1 is 1.43 bits per heavy atom. The summed E-state index contributed by atoms with van der Waals surface area (Å²) >= 11 is 6.13. The second-order valence-electron chi connectivity index (χ2n) is 5.28. The van der Waals surface area contributed by atoms with Crippen LogP contribution in [0.5, 0.6) is 0 Å². The molecule has 0 aliphatic rings. The minimum Gasteiger partial charge on any atom is -0.383 e. The minimum atomic E-state index is -0.268. The number of hydrogen-bond acceptors (Lipinski definition) is 3. The molecule has 2 aromatic rings. The first kappa shape index (κ1) is 17.3. The Morgan fingerprint density at radius 3 is 2.96 bits per heavy atom. The van der Waals surface area contributed by atoms with Gasteiger partial charge in [-0.3, -0.25) is 4.68 Å². The predicted molar refractivity (Wildman–Crippen MR) is 90.9 cm³/mol. The van der Waals surface area contributed by atoms with Gasteiger partial charge in [-0.15, -0.1) is 0 Å². The van der Waals surface area contributed by atoms with E-state index in [2.05, 4.69) is 15.7 Å². The standard InChI is InChI=1S/C16H21ClN4O2/c1-12(9-13-5-3-4-6-15(13)17)19-16(22)20-14-10-18-21(11-14)7-8-23-2/h3-6,10-12H,7-9H2,1-2H3,(H2,19,20,22)/t12-/m0/s1. The monoisotopic (exact) mass is 336 g/mol. The molecule has 6 nitrogen and oxygen atoms in total. The van der Waals surface area contributed by atoms with Gasteiger partial charge in [-0.1, -0.05) is 29.8 Å². The number of carbonyl (C=O) groups excluding carboxylic acids is 1. The maximum Gasteiger partial charge on any atom is 0.319 e. The summed E-state index contributed by atoms with van der Waals surface area (Å²) in [6, 6.07) is 7.31. The molecule has 0 spiro atoms. The average Bonchev–Trinajstić information content (AvgIpc) is 2.94. The van der Waals surface area contributed by atoms with Gasteiger partial charge in [0.2, 0.25) is 0 Å². The predicted octanol–water partition coefficient (Wildman–Crippen LogP) is 2.94. The Hall–Kier alpha value is -2.05. The highest BCUT2D eigenvalue weighted by molar-refractivity contribution is 6.31. The van der Waals surface area contributed by atoms with E-state index in [0.717, 1.165) is 5.56 Å². The van der Waals surface area contributed by atoms with Crippen LogP contribution in [-0.4, -0.2) is 35.6 Å². The van der Waals surface area contributed by atoms with Gasteiger partial charge in [0.05, 0.1) is 25.0 Å². The zero-order valence-corrected chi connectivity index (χ0v) is 14.0. The average molecular weight is 337 g/mol. The van der Waals surface area contributed by atoms with Gasteiger partial charge in [0.1, 0.15) is 0 Å². The van der Waals surface area contributed by atoms with Crippen molar-refractivity contribution in [3.8, 4) is 0 Å². The normalized spacial score (nSPS) is 12.0. The lowest BCUT2D eigenvalue weighted by molar-refractivity contribution is 0.183. The molecule has 0 bridgehead atoms. The number of halogens is 1. The number of nitrogens with zero attached hydrogens (tertiary/aromatic N) is 2. The summed E-state index contributed by atoms with van der Waals surface area (Å²) in [4.78, 5) is 12.0. The highest BCUT2D eigenvalue weighted by Gasteiger charge is 2.10. The zero-order valence-electron chi connectivity index (χ0n) is 13.3. The smallest absolute Gasteiger partial charge is 0.319 e. The Kier molecular flexibility index (Phi) is 6.43. The van der Waals surface area contributed by atoms with Crippen LogP contribution in [-0.2, 0) is 17.7 Å². The first-order chi connectivity index (χ1) is 11.1. The van der Waals surface area contributed by atoms with E-state index in [1.165, 1.54) is 0 Å². The number of anilines is 1. The Balaban J connectivity index is 1.82. The quantitative estimate of drug-likeness (QED) is 0.816.